The summed E-state index contributed by atoms with van der Waals surface area (Å²) in [5, 5.41) is 3.31. The summed E-state index contributed by atoms with van der Waals surface area (Å²) < 4.78 is 10.4. The summed E-state index contributed by atoms with van der Waals surface area (Å²) in [5.74, 6) is 1.62. The van der Waals surface area contributed by atoms with Gasteiger partial charge in [-0.3, -0.25) is 0 Å². The zero-order valence-electron chi connectivity index (χ0n) is 10.8. The molecule has 1 N–H and O–H groups in total. The Morgan fingerprint density at radius 3 is 2.29 bits per heavy atom. The first-order chi connectivity index (χ1) is 8.30. The first-order valence-corrected chi connectivity index (χ1v) is 5.90. The molecule has 1 aromatic rings. The van der Waals surface area contributed by atoms with Gasteiger partial charge in [-0.2, -0.15) is 0 Å². The molecule has 0 aliphatic rings. The number of hydrogen-bond donors (Lipinski definition) is 1. The van der Waals surface area contributed by atoms with E-state index in [1.807, 2.05) is 18.2 Å². The molecular formula is C14H21NO2. The minimum Gasteiger partial charge on any atom is -0.497 e. The molecule has 3 heteroatoms. The molecular weight excluding hydrogens is 214 g/mol. The number of hydrogen-bond acceptors (Lipinski definition) is 3. The molecule has 3 nitrogen and oxygen atoms in total. The first kappa shape index (κ1) is 13.6. The topological polar surface area (TPSA) is 30.5 Å². The van der Waals surface area contributed by atoms with E-state index in [0.717, 1.165) is 36.6 Å². The third-order valence-corrected chi connectivity index (χ3v) is 2.37. The van der Waals surface area contributed by atoms with Crippen molar-refractivity contribution >= 4 is 6.08 Å². The molecule has 1 aromatic carbocycles. The molecule has 0 spiro atoms. The van der Waals surface area contributed by atoms with Gasteiger partial charge >= 0.3 is 0 Å². The third-order valence-electron chi connectivity index (χ3n) is 2.37. The number of methoxy groups -OCH3 is 2. The summed E-state index contributed by atoms with van der Waals surface area (Å²) in [5.41, 5.74) is 1.08. The maximum absolute atomic E-state index is 5.21. The molecule has 0 saturated heterocycles. The van der Waals surface area contributed by atoms with Crippen molar-refractivity contribution in [3.63, 3.8) is 0 Å². The Kier molecular flexibility index (Phi) is 6.18. The molecule has 0 aromatic heterocycles. The lowest BCUT2D eigenvalue weighted by molar-refractivity contribution is 0.394. The Morgan fingerprint density at radius 1 is 1.12 bits per heavy atom. The van der Waals surface area contributed by atoms with Gasteiger partial charge in [-0.25, -0.2) is 0 Å². The Bertz CT molecular complexity index is 339. The van der Waals surface area contributed by atoms with Crippen molar-refractivity contribution in [2.45, 2.75) is 13.3 Å². The van der Waals surface area contributed by atoms with Crippen LogP contribution in [0.4, 0.5) is 0 Å². The fourth-order valence-corrected chi connectivity index (χ4v) is 1.48. The highest BCUT2D eigenvalue weighted by atomic mass is 16.5. The van der Waals surface area contributed by atoms with Gasteiger partial charge in [-0.05, 0) is 30.7 Å². The van der Waals surface area contributed by atoms with Crippen molar-refractivity contribution in [2.24, 2.45) is 0 Å². The fraction of sp³-hybridized carbons (Fsp3) is 0.429. The zero-order valence-corrected chi connectivity index (χ0v) is 10.8. The lowest BCUT2D eigenvalue weighted by atomic mass is 10.2. The van der Waals surface area contributed by atoms with Gasteiger partial charge in [0, 0.05) is 12.6 Å². The molecule has 0 atom stereocenters. The summed E-state index contributed by atoms with van der Waals surface area (Å²) in [6, 6.07) is 5.84. The van der Waals surface area contributed by atoms with Gasteiger partial charge in [0.15, 0.2) is 0 Å². The predicted molar refractivity (Wildman–Crippen MR) is 71.7 cm³/mol. The van der Waals surface area contributed by atoms with Gasteiger partial charge in [0.1, 0.15) is 11.5 Å². The monoisotopic (exact) mass is 235 g/mol. The normalized spacial score (nSPS) is 10.8. The SMILES string of the molecule is CCCNCC=Cc1cc(OC)cc(OC)c1. The zero-order chi connectivity index (χ0) is 12.5. The van der Waals surface area contributed by atoms with Crippen LogP contribution in [0, 0.1) is 0 Å². The molecule has 0 saturated carbocycles. The Balaban J connectivity index is 2.62. The third kappa shape index (κ3) is 4.91. The molecule has 0 radical (unpaired) electrons. The summed E-state index contributed by atoms with van der Waals surface area (Å²) in [4.78, 5) is 0. The standard InChI is InChI=1S/C14H21NO2/c1-4-7-15-8-5-6-12-9-13(16-2)11-14(10-12)17-3/h5-6,9-11,15H,4,7-8H2,1-3H3. The minimum atomic E-state index is 0.811. The van der Waals surface area contributed by atoms with E-state index in [-0.39, 0.29) is 0 Å². The highest BCUT2D eigenvalue weighted by Crippen LogP contribution is 2.23. The van der Waals surface area contributed by atoms with E-state index < -0.39 is 0 Å². The lowest BCUT2D eigenvalue weighted by Crippen LogP contribution is -2.13. The van der Waals surface area contributed by atoms with E-state index >= 15 is 0 Å². The van der Waals surface area contributed by atoms with Crippen LogP contribution in [0.15, 0.2) is 24.3 Å². The average molecular weight is 235 g/mol. The highest BCUT2D eigenvalue weighted by molar-refractivity contribution is 5.55. The van der Waals surface area contributed by atoms with Crippen molar-refractivity contribution in [1.82, 2.24) is 5.32 Å². The van der Waals surface area contributed by atoms with Gasteiger partial charge in [-0.1, -0.05) is 19.1 Å². The molecule has 0 aliphatic heterocycles. The fourth-order valence-electron chi connectivity index (χ4n) is 1.48. The summed E-state index contributed by atoms with van der Waals surface area (Å²) in [6.07, 6.45) is 5.32. The number of benzene rings is 1. The smallest absolute Gasteiger partial charge is 0.123 e. The van der Waals surface area contributed by atoms with Crippen LogP contribution in [0.5, 0.6) is 11.5 Å². The molecule has 1 rings (SSSR count). The summed E-state index contributed by atoms with van der Waals surface area (Å²) in [7, 11) is 3.32. The largest absolute Gasteiger partial charge is 0.497 e. The van der Waals surface area contributed by atoms with E-state index in [2.05, 4.69) is 24.4 Å². The average Bonchev–Trinajstić information content (AvgIpc) is 2.38. The maximum atomic E-state index is 5.21. The van der Waals surface area contributed by atoms with Crippen LogP contribution in [0.2, 0.25) is 0 Å². The van der Waals surface area contributed by atoms with Crippen LogP contribution >= 0.6 is 0 Å². The molecule has 17 heavy (non-hydrogen) atoms. The summed E-state index contributed by atoms with van der Waals surface area (Å²) >= 11 is 0. The van der Waals surface area contributed by atoms with Gasteiger partial charge in [0.05, 0.1) is 14.2 Å². The Labute approximate surface area is 103 Å². The van der Waals surface area contributed by atoms with E-state index in [1.54, 1.807) is 14.2 Å². The molecule has 0 unspecified atom stereocenters. The van der Waals surface area contributed by atoms with Crippen molar-refractivity contribution in [3.05, 3.63) is 29.8 Å². The molecule has 94 valence electrons. The maximum Gasteiger partial charge on any atom is 0.123 e. The molecule has 0 heterocycles. The second-order valence-electron chi connectivity index (χ2n) is 3.75. The Hall–Kier alpha value is -1.48. The van der Waals surface area contributed by atoms with Crippen molar-refractivity contribution in [3.8, 4) is 11.5 Å². The molecule has 0 amide bonds. The predicted octanol–water partition coefficient (Wildman–Crippen LogP) is 2.72. The first-order valence-electron chi connectivity index (χ1n) is 5.90. The Morgan fingerprint density at radius 2 is 1.76 bits per heavy atom. The second-order valence-corrected chi connectivity index (χ2v) is 3.75. The second kappa shape index (κ2) is 7.74. The van der Waals surface area contributed by atoms with Crippen LogP contribution < -0.4 is 14.8 Å². The van der Waals surface area contributed by atoms with E-state index in [0.29, 0.717) is 0 Å². The van der Waals surface area contributed by atoms with Gasteiger partial charge < -0.3 is 14.8 Å². The minimum absolute atomic E-state index is 0.811. The highest BCUT2D eigenvalue weighted by Gasteiger charge is 1.98. The van der Waals surface area contributed by atoms with Crippen molar-refractivity contribution in [2.75, 3.05) is 27.3 Å². The van der Waals surface area contributed by atoms with Crippen LogP contribution in [0.1, 0.15) is 18.9 Å². The quantitative estimate of drug-likeness (QED) is 0.737. The molecule has 0 fully saturated rings. The van der Waals surface area contributed by atoms with Crippen molar-refractivity contribution < 1.29 is 9.47 Å². The van der Waals surface area contributed by atoms with Gasteiger partial charge in [0.2, 0.25) is 0 Å². The number of ether oxygens (including phenoxy) is 2. The van der Waals surface area contributed by atoms with Gasteiger partial charge in [-0.15, -0.1) is 0 Å². The molecule has 0 bridgehead atoms. The van der Waals surface area contributed by atoms with E-state index in [9.17, 15) is 0 Å². The van der Waals surface area contributed by atoms with E-state index in [1.165, 1.54) is 0 Å². The van der Waals surface area contributed by atoms with Crippen molar-refractivity contribution in [1.29, 1.82) is 0 Å². The van der Waals surface area contributed by atoms with Crippen LogP contribution in [0.25, 0.3) is 6.08 Å². The number of rotatable bonds is 7. The number of nitrogens with one attached hydrogen (secondary N) is 1. The molecule has 0 aliphatic carbocycles. The summed E-state index contributed by atoms with van der Waals surface area (Å²) in [6.45, 7) is 4.09. The van der Waals surface area contributed by atoms with E-state index in [4.69, 9.17) is 9.47 Å². The lowest BCUT2D eigenvalue weighted by Gasteiger charge is -2.05. The van der Waals surface area contributed by atoms with Crippen LogP contribution in [0.3, 0.4) is 0 Å². The van der Waals surface area contributed by atoms with Crippen LogP contribution in [-0.2, 0) is 0 Å². The van der Waals surface area contributed by atoms with Crippen LogP contribution in [-0.4, -0.2) is 27.3 Å². The van der Waals surface area contributed by atoms with Gasteiger partial charge in [0.25, 0.3) is 0 Å².